The Bertz CT molecular complexity index is 789. The predicted molar refractivity (Wildman–Crippen MR) is 105 cm³/mol. The van der Waals surface area contributed by atoms with E-state index >= 15 is 0 Å². The van der Waals surface area contributed by atoms with Crippen LogP contribution in [0.5, 0.6) is 0 Å². The molecule has 6 nitrogen and oxygen atoms in total. The third-order valence-electron chi connectivity index (χ3n) is 5.14. The number of nitrogens with zero attached hydrogens (tertiary/aromatic N) is 1. The number of halogens is 4. The zero-order valence-corrected chi connectivity index (χ0v) is 17.0. The Morgan fingerprint density at radius 3 is 2.55 bits per heavy atom. The smallest absolute Gasteiger partial charge is 0.318 e. The summed E-state index contributed by atoms with van der Waals surface area (Å²) >= 11 is 0. The number of carbonyl (C=O) groups is 2. The normalized spacial score (nSPS) is 19.5. The number of hydrogen-bond acceptors (Lipinski definition) is 3. The van der Waals surface area contributed by atoms with Gasteiger partial charge >= 0.3 is 17.9 Å². The minimum absolute atomic E-state index is 0.0664. The third-order valence-corrected chi connectivity index (χ3v) is 5.14. The number of benzene rings is 1. The Morgan fingerprint density at radius 1 is 1.29 bits per heavy atom. The molecule has 1 aliphatic rings. The molecule has 0 aliphatic carbocycles. The zero-order chi connectivity index (χ0) is 23.2. The Kier molecular flexibility index (Phi) is 8.05. The molecule has 1 saturated heterocycles. The lowest BCUT2D eigenvalue weighted by atomic mass is 9.99. The van der Waals surface area contributed by atoms with Gasteiger partial charge in [-0.25, -0.2) is 13.6 Å². The molecule has 1 fully saturated rings. The van der Waals surface area contributed by atoms with Crippen molar-refractivity contribution in [3.05, 3.63) is 48.0 Å². The molecule has 10 heteroatoms. The number of aliphatic hydroxyl groups is 1. The van der Waals surface area contributed by atoms with Crippen LogP contribution in [0.15, 0.2) is 42.5 Å². The summed E-state index contributed by atoms with van der Waals surface area (Å²) in [6.45, 7) is 1.22. The van der Waals surface area contributed by atoms with Crippen molar-refractivity contribution in [2.75, 3.05) is 13.1 Å². The number of urea groups is 1. The highest BCUT2D eigenvalue weighted by atomic mass is 19.3. The van der Waals surface area contributed by atoms with Gasteiger partial charge in [-0.1, -0.05) is 49.4 Å². The van der Waals surface area contributed by atoms with Gasteiger partial charge in [-0.2, -0.15) is 8.78 Å². The fourth-order valence-electron chi connectivity index (χ4n) is 3.32. The Morgan fingerprint density at radius 2 is 1.94 bits per heavy atom. The minimum Gasteiger partial charge on any atom is -0.481 e. The Labute approximate surface area is 177 Å². The van der Waals surface area contributed by atoms with Crippen LogP contribution in [0.2, 0.25) is 0 Å². The van der Waals surface area contributed by atoms with Crippen LogP contribution in [-0.2, 0) is 10.7 Å². The van der Waals surface area contributed by atoms with Gasteiger partial charge in [-0.3, -0.25) is 4.79 Å². The zero-order valence-electron chi connectivity index (χ0n) is 17.0. The van der Waals surface area contributed by atoms with Gasteiger partial charge in [0.25, 0.3) is 0 Å². The third kappa shape index (κ3) is 6.68. The van der Waals surface area contributed by atoms with E-state index in [-0.39, 0.29) is 25.1 Å². The van der Waals surface area contributed by atoms with Gasteiger partial charge in [0.1, 0.15) is 6.10 Å². The van der Waals surface area contributed by atoms with Crippen molar-refractivity contribution < 1.29 is 37.4 Å². The van der Waals surface area contributed by atoms with Gasteiger partial charge in [0.2, 0.25) is 5.92 Å². The molecule has 0 saturated carbocycles. The first kappa shape index (κ1) is 24.6. The average molecular weight is 446 g/mol. The Hall–Kier alpha value is -2.62. The molecule has 2 unspecified atom stereocenters. The van der Waals surface area contributed by atoms with E-state index in [1.807, 2.05) is 0 Å². The van der Waals surface area contributed by atoms with Crippen molar-refractivity contribution in [2.24, 2.45) is 5.92 Å². The second-order valence-corrected chi connectivity index (χ2v) is 7.67. The molecule has 2 rings (SSSR count). The fraction of sp³-hybridized carbons (Fsp3) is 0.524. The molecule has 1 aliphatic heterocycles. The van der Waals surface area contributed by atoms with Crippen LogP contribution in [0, 0.1) is 5.92 Å². The van der Waals surface area contributed by atoms with Crippen molar-refractivity contribution in [3.8, 4) is 0 Å². The van der Waals surface area contributed by atoms with Crippen LogP contribution >= 0.6 is 0 Å². The summed E-state index contributed by atoms with van der Waals surface area (Å²) in [5.41, 5.74) is -0.359. The topological polar surface area (TPSA) is 89.9 Å². The molecule has 0 spiro atoms. The largest absolute Gasteiger partial charge is 0.481 e. The van der Waals surface area contributed by atoms with Gasteiger partial charge in [0.05, 0.1) is 12.0 Å². The molecular formula is C21H26F4N2O4. The predicted octanol–water partition coefficient (Wildman–Crippen LogP) is 3.62. The molecule has 2 amide bonds. The van der Waals surface area contributed by atoms with Gasteiger partial charge in [-0.05, 0) is 6.42 Å². The van der Waals surface area contributed by atoms with Crippen LogP contribution in [0.4, 0.5) is 22.4 Å². The summed E-state index contributed by atoms with van der Waals surface area (Å²) in [5.74, 6) is -9.25. The number of hydrogen-bond donors (Lipinski definition) is 3. The maximum absolute atomic E-state index is 14.4. The summed E-state index contributed by atoms with van der Waals surface area (Å²) in [6.07, 6.45) is -1.50. The van der Waals surface area contributed by atoms with E-state index in [1.165, 1.54) is 42.2 Å². The Balaban J connectivity index is 1.94. The molecule has 0 bridgehead atoms. The maximum Gasteiger partial charge on any atom is 0.318 e. The molecule has 0 radical (unpaired) electrons. The van der Waals surface area contributed by atoms with Crippen LogP contribution in [0.25, 0.3) is 0 Å². The number of amides is 2. The molecule has 1 heterocycles. The SMILES string of the molecule is CC(CC(F)(F)CCCN1C(=O)NC[C@@H]1C=CC(O)C(F)(F)c1ccccc1)C(=O)O. The van der Waals surface area contributed by atoms with Gasteiger partial charge in [0.15, 0.2) is 0 Å². The summed E-state index contributed by atoms with van der Waals surface area (Å²) in [7, 11) is 0. The number of carboxylic acid groups (broad SMARTS) is 1. The summed E-state index contributed by atoms with van der Waals surface area (Å²) < 4.78 is 56.6. The minimum atomic E-state index is -3.54. The lowest BCUT2D eigenvalue weighted by Gasteiger charge is -2.24. The molecule has 172 valence electrons. The number of carbonyl (C=O) groups excluding carboxylic acids is 1. The van der Waals surface area contributed by atoms with Crippen molar-refractivity contribution in [1.82, 2.24) is 10.2 Å². The van der Waals surface area contributed by atoms with Crippen LogP contribution < -0.4 is 5.32 Å². The molecular weight excluding hydrogens is 420 g/mol. The van der Waals surface area contributed by atoms with Crippen molar-refractivity contribution in [3.63, 3.8) is 0 Å². The molecule has 3 atom stereocenters. The highest BCUT2D eigenvalue weighted by Gasteiger charge is 2.39. The van der Waals surface area contributed by atoms with Gasteiger partial charge in [-0.15, -0.1) is 0 Å². The lowest BCUT2D eigenvalue weighted by molar-refractivity contribution is -0.145. The maximum atomic E-state index is 14.4. The first-order valence-corrected chi connectivity index (χ1v) is 9.89. The summed E-state index contributed by atoms with van der Waals surface area (Å²) in [5, 5.41) is 21.2. The number of carboxylic acids is 1. The number of aliphatic carboxylic acids is 1. The van der Waals surface area contributed by atoms with E-state index in [1.54, 1.807) is 6.07 Å². The van der Waals surface area contributed by atoms with Crippen LogP contribution in [0.1, 0.15) is 31.7 Å². The summed E-state index contributed by atoms with van der Waals surface area (Å²) in [6, 6.07) is 5.59. The fourth-order valence-corrected chi connectivity index (χ4v) is 3.32. The van der Waals surface area contributed by atoms with E-state index in [0.717, 1.165) is 6.08 Å². The molecule has 0 aromatic heterocycles. The van der Waals surface area contributed by atoms with E-state index in [9.17, 15) is 32.3 Å². The van der Waals surface area contributed by atoms with Crippen molar-refractivity contribution in [1.29, 1.82) is 0 Å². The van der Waals surface area contributed by atoms with E-state index in [4.69, 9.17) is 5.11 Å². The first-order chi connectivity index (χ1) is 14.4. The number of rotatable bonds is 11. The standard InChI is InChI=1S/C21H26F4N2O4/c1-14(18(29)30)12-20(22,23)10-5-11-27-16(13-26-19(27)31)8-9-17(28)21(24,25)15-6-3-2-4-7-15/h2-4,6-9,14,16-17,28H,5,10-13H2,1H3,(H,26,31)(H,29,30)/t14?,16-,17?/m0/s1. The first-order valence-electron chi connectivity index (χ1n) is 9.89. The van der Waals surface area contributed by atoms with E-state index in [2.05, 4.69) is 5.32 Å². The highest BCUT2D eigenvalue weighted by Crippen LogP contribution is 2.32. The molecule has 1 aromatic rings. The average Bonchev–Trinajstić information content (AvgIpc) is 3.05. The molecule has 31 heavy (non-hydrogen) atoms. The second kappa shape index (κ2) is 10.1. The molecule has 3 N–H and O–H groups in total. The summed E-state index contributed by atoms with van der Waals surface area (Å²) in [4.78, 5) is 24.0. The van der Waals surface area contributed by atoms with Gasteiger partial charge in [0, 0.05) is 31.5 Å². The highest BCUT2D eigenvalue weighted by molar-refractivity contribution is 5.77. The molecule has 1 aromatic carbocycles. The van der Waals surface area contributed by atoms with E-state index < -0.39 is 54.8 Å². The van der Waals surface area contributed by atoms with Gasteiger partial charge < -0.3 is 20.4 Å². The number of alkyl halides is 4. The van der Waals surface area contributed by atoms with Crippen molar-refractivity contribution >= 4 is 12.0 Å². The number of nitrogens with one attached hydrogen (secondary N) is 1. The van der Waals surface area contributed by atoms with Crippen LogP contribution in [0.3, 0.4) is 0 Å². The van der Waals surface area contributed by atoms with Crippen molar-refractivity contribution in [2.45, 2.75) is 50.2 Å². The quantitative estimate of drug-likeness (QED) is 0.358. The van der Waals surface area contributed by atoms with E-state index in [0.29, 0.717) is 0 Å². The van der Waals surface area contributed by atoms with Crippen LogP contribution in [-0.4, -0.2) is 58.3 Å². The second-order valence-electron chi connectivity index (χ2n) is 7.67. The number of aliphatic hydroxyl groups excluding tert-OH is 1. The monoisotopic (exact) mass is 446 g/mol. The lowest BCUT2D eigenvalue weighted by Crippen LogP contribution is -2.36.